The maximum absolute atomic E-state index is 13.8. The lowest BCUT2D eigenvalue weighted by atomic mass is 10.2. The first kappa shape index (κ1) is 17.2. The largest absolute Gasteiger partial charge is 0.505 e. The van der Waals surface area contributed by atoms with Crippen molar-refractivity contribution in [2.45, 2.75) is 26.8 Å². The summed E-state index contributed by atoms with van der Waals surface area (Å²) in [5, 5.41) is 0. The Morgan fingerprint density at radius 1 is 0.850 bits per heavy atom. The van der Waals surface area contributed by atoms with E-state index in [1.807, 2.05) is 0 Å². The van der Waals surface area contributed by atoms with Crippen molar-refractivity contribution in [2.24, 2.45) is 0 Å². The standard InChI is InChI=1S/C13H19F3O3Si/c1-4-17-20(18-5-2,19-6-3)9-10-7-8-11(14)13(16)12(10)15/h7-8H,4-6,9H2,1-3H3. The van der Waals surface area contributed by atoms with Gasteiger partial charge >= 0.3 is 8.80 Å². The molecule has 0 saturated carbocycles. The van der Waals surface area contributed by atoms with Gasteiger partial charge in [0.05, 0.1) is 0 Å². The molecule has 0 atom stereocenters. The van der Waals surface area contributed by atoms with E-state index < -0.39 is 26.3 Å². The molecule has 0 bridgehead atoms. The molecule has 0 fully saturated rings. The molecule has 0 radical (unpaired) electrons. The topological polar surface area (TPSA) is 27.7 Å². The van der Waals surface area contributed by atoms with E-state index in [1.54, 1.807) is 20.8 Å². The monoisotopic (exact) mass is 308 g/mol. The Hall–Kier alpha value is -0.893. The van der Waals surface area contributed by atoms with Crippen LogP contribution in [0.1, 0.15) is 26.3 Å². The first-order chi connectivity index (χ1) is 9.49. The Kier molecular flexibility index (Phi) is 6.67. The fourth-order valence-electron chi connectivity index (χ4n) is 1.87. The minimum atomic E-state index is -3.14. The minimum Gasteiger partial charge on any atom is -0.374 e. The van der Waals surface area contributed by atoms with Gasteiger partial charge in [0.15, 0.2) is 17.5 Å². The highest BCUT2D eigenvalue weighted by atomic mass is 28.4. The molecule has 0 saturated heterocycles. The Labute approximate surface area is 118 Å². The molecule has 1 aromatic rings. The van der Waals surface area contributed by atoms with Gasteiger partial charge in [0.1, 0.15) is 0 Å². The quantitative estimate of drug-likeness (QED) is 0.545. The van der Waals surface area contributed by atoms with E-state index >= 15 is 0 Å². The summed E-state index contributed by atoms with van der Waals surface area (Å²) in [6, 6.07) is 2.04. The number of rotatable bonds is 8. The van der Waals surface area contributed by atoms with Crippen LogP contribution >= 0.6 is 0 Å². The normalized spacial score (nSPS) is 11.9. The highest BCUT2D eigenvalue weighted by molar-refractivity contribution is 6.60. The molecule has 0 heterocycles. The minimum absolute atomic E-state index is 0.00841. The molecular weight excluding hydrogens is 289 g/mol. The SMILES string of the molecule is CCO[Si](Cc1ccc(F)c(F)c1F)(OCC)OCC. The Bertz CT molecular complexity index is 426. The molecule has 0 unspecified atom stereocenters. The molecular formula is C13H19F3O3Si. The fourth-order valence-corrected chi connectivity index (χ4v) is 4.49. The van der Waals surface area contributed by atoms with Crippen LogP contribution in [0, 0.1) is 17.5 Å². The third kappa shape index (κ3) is 4.05. The maximum Gasteiger partial charge on any atom is 0.505 e. The van der Waals surface area contributed by atoms with Gasteiger partial charge < -0.3 is 13.3 Å². The van der Waals surface area contributed by atoms with E-state index in [0.717, 1.165) is 6.07 Å². The van der Waals surface area contributed by atoms with Gasteiger partial charge in [0.25, 0.3) is 0 Å². The van der Waals surface area contributed by atoms with Gasteiger partial charge in [-0.2, -0.15) is 0 Å². The second-order valence-corrected chi connectivity index (χ2v) is 6.58. The molecule has 3 nitrogen and oxygen atoms in total. The van der Waals surface area contributed by atoms with Crippen LogP contribution in [-0.4, -0.2) is 28.6 Å². The molecule has 20 heavy (non-hydrogen) atoms. The lowest BCUT2D eigenvalue weighted by molar-refractivity contribution is 0.0700. The van der Waals surface area contributed by atoms with Crippen LogP contribution in [0.3, 0.4) is 0 Å². The van der Waals surface area contributed by atoms with Gasteiger partial charge in [0.2, 0.25) is 0 Å². The summed E-state index contributed by atoms with van der Waals surface area (Å²) in [5.74, 6) is -3.93. The van der Waals surface area contributed by atoms with Crippen LogP contribution in [0.15, 0.2) is 12.1 Å². The van der Waals surface area contributed by atoms with Gasteiger partial charge in [0, 0.05) is 25.9 Å². The number of hydrogen-bond donors (Lipinski definition) is 0. The number of halogens is 3. The molecule has 0 spiro atoms. The van der Waals surface area contributed by atoms with E-state index in [0.29, 0.717) is 19.8 Å². The molecule has 0 aromatic heterocycles. The summed E-state index contributed by atoms with van der Waals surface area (Å²) in [7, 11) is -3.14. The van der Waals surface area contributed by atoms with E-state index in [9.17, 15) is 13.2 Å². The predicted molar refractivity (Wildman–Crippen MR) is 70.7 cm³/mol. The smallest absolute Gasteiger partial charge is 0.374 e. The molecule has 1 rings (SSSR count). The first-order valence-electron chi connectivity index (χ1n) is 6.53. The summed E-state index contributed by atoms with van der Waals surface area (Å²) in [5.41, 5.74) is -0.00841. The zero-order valence-corrected chi connectivity index (χ0v) is 12.8. The molecule has 0 amide bonds. The number of benzene rings is 1. The molecule has 0 aliphatic carbocycles. The Morgan fingerprint density at radius 2 is 1.35 bits per heavy atom. The van der Waals surface area contributed by atoms with Crippen LogP contribution in [0.4, 0.5) is 13.2 Å². The Balaban J connectivity index is 3.08. The van der Waals surface area contributed by atoms with Crippen molar-refractivity contribution >= 4 is 8.80 Å². The second kappa shape index (κ2) is 7.77. The fraction of sp³-hybridized carbons (Fsp3) is 0.538. The van der Waals surface area contributed by atoms with E-state index in [1.165, 1.54) is 6.07 Å². The van der Waals surface area contributed by atoms with Crippen molar-refractivity contribution < 1.29 is 26.4 Å². The van der Waals surface area contributed by atoms with Gasteiger partial charge in [-0.15, -0.1) is 0 Å². The molecule has 114 valence electrons. The molecule has 0 aliphatic heterocycles. The van der Waals surface area contributed by atoms with Crippen molar-refractivity contribution in [3.63, 3.8) is 0 Å². The van der Waals surface area contributed by atoms with Crippen molar-refractivity contribution in [3.05, 3.63) is 35.1 Å². The zero-order valence-electron chi connectivity index (χ0n) is 11.8. The third-order valence-electron chi connectivity index (χ3n) is 2.61. The van der Waals surface area contributed by atoms with Crippen LogP contribution in [0.25, 0.3) is 0 Å². The van der Waals surface area contributed by atoms with Crippen LogP contribution in [0.5, 0.6) is 0 Å². The van der Waals surface area contributed by atoms with Crippen molar-refractivity contribution in [1.29, 1.82) is 0 Å². The molecule has 0 aliphatic rings. The highest BCUT2D eigenvalue weighted by Gasteiger charge is 2.41. The lowest BCUT2D eigenvalue weighted by Crippen LogP contribution is -2.49. The van der Waals surface area contributed by atoms with Crippen LogP contribution < -0.4 is 0 Å². The summed E-state index contributed by atoms with van der Waals surface area (Å²) >= 11 is 0. The summed E-state index contributed by atoms with van der Waals surface area (Å²) < 4.78 is 56.6. The highest BCUT2D eigenvalue weighted by Crippen LogP contribution is 2.22. The van der Waals surface area contributed by atoms with Crippen LogP contribution in [0.2, 0.25) is 0 Å². The average Bonchev–Trinajstić information content (AvgIpc) is 2.41. The summed E-state index contributed by atoms with van der Waals surface area (Å²) in [6.07, 6.45) is 0. The third-order valence-corrected chi connectivity index (χ3v) is 5.61. The molecule has 7 heteroatoms. The van der Waals surface area contributed by atoms with E-state index in [4.69, 9.17) is 13.3 Å². The Morgan fingerprint density at radius 3 is 1.80 bits per heavy atom. The number of hydrogen-bond acceptors (Lipinski definition) is 3. The van der Waals surface area contributed by atoms with Gasteiger partial charge in [-0.25, -0.2) is 13.2 Å². The molecule has 0 N–H and O–H groups in total. The van der Waals surface area contributed by atoms with Gasteiger partial charge in [-0.1, -0.05) is 6.07 Å². The van der Waals surface area contributed by atoms with Crippen molar-refractivity contribution in [1.82, 2.24) is 0 Å². The molecule has 1 aromatic carbocycles. The summed E-state index contributed by atoms with van der Waals surface area (Å²) in [6.45, 7) is 6.29. The first-order valence-corrected chi connectivity index (χ1v) is 8.47. The second-order valence-electron chi connectivity index (χ2n) is 3.99. The van der Waals surface area contributed by atoms with Gasteiger partial charge in [-0.3, -0.25) is 0 Å². The van der Waals surface area contributed by atoms with Gasteiger partial charge in [-0.05, 0) is 32.4 Å². The summed E-state index contributed by atoms with van der Waals surface area (Å²) in [4.78, 5) is 0. The van der Waals surface area contributed by atoms with E-state index in [-0.39, 0.29) is 11.6 Å². The zero-order chi connectivity index (χ0) is 15.2. The average molecular weight is 308 g/mol. The predicted octanol–water partition coefficient (Wildman–Crippen LogP) is 3.23. The maximum atomic E-state index is 13.8. The van der Waals surface area contributed by atoms with Crippen LogP contribution in [-0.2, 0) is 19.3 Å². The van der Waals surface area contributed by atoms with Crippen molar-refractivity contribution in [2.75, 3.05) is 19.8 Å². The van der Waals surface area contributed by atoms with Crippen molar-refractivity contribution in [3.8, 4) is 0 Å². The van der Waals surface area contributed by atoms with E-state index in [2.05, 4.69) is 0 Å². The lowest BCUT2D eigenvalue weighted by Gasteiger charge is -2.28.